The van der Waals surface area contributed by atoms with Crippen LogP contribution >= 0.6 is 34.5 Å². The van der Waals surface area contributed by atoms with Crippen molar-refractivity contribution in [3.8, 4) is 0 Å². The highest BCUT2D eigenvalue weighted by Gasteiger charge is 2.30. The molecule has 0 aliphatic carbocycles. The van der Waals surface area contributed by atoms with E-state index in [9.17, 15) is 13.2 Å². The van der Waals surface area contributed by atoms with Crippen molar-refractivity contribution in [2.75, 3.05) is 23.3 Å². The number of alkyl halides is 3. The van der Waals surface area contributed by atoms with Crippen molar-refractivity contribution < 1.29 is 13.2 Å². The molecule has 1 N–H and O–H groups in total. The van der Waals surface area contributed by atoms with Crippen LogP contribution in [-0.2, 0) is 12.6 Å². The summed E-state index contributed by atoms with van der Waals surface area (Å²) in [5.74, 6) is 1.72. The molecule has 0 amide bonds. The molecule has 0 aliphatic heterocycles. The molecule has 0 spiro atoms. The number of nitrogens with one attached hydrogen (secondary N) is 1. The maximum atomic E-state index is 13.1. The summed E-state index contributed by atoms with van der Waals surface area (Å²) >= 11 is 14.2. The Balaban J connectivity index is 1.78. The second kappa shape index (κ2) is 11.6. The molecule has 11 heteroatoms. The van der Waals surface area contributed by atoms with E-state index >= 15 is 0 Å². The Morgan fingerprint density at radius 3 is 2.05 bits per heavy atom. The third kappa shape index (κ3) is 6.87. The van der Waals surface area contributed by atoms with Gasteiger partial charge >= 0.3 is 6.18 Å². The molecule has 4 rings (SSSR count). The van der Waals surface area contributed by atoms with E-state index in [1.807, 2.05) is 0 Å². The van der Waals surface area contributed by atoms with Gasteiger partial charge in [-0.15, -0.1) is 0 Å². The van der Waals surface area contributed by atoms with Gasteiger partial charge in [-0.2, -0.15) is 23.1 Å². The molecule has 38 heavy (non-hydrogen) atoms. The average Bonchev–Trinajstić information content (AvgIpc) is 3.23. The van der Waals surface area contributed by atoms with Crippen LogP contribution in [-0.4, -0.2) is 28.0 Å². The van der Waals surface area contributed by atoms with Crippen molar-refractivity contribution >= 4 is 62.3 Å². The Labute approximate surface area is 234 Å². The van der Waals surface area contributed by atoms with Crippen molar-refractivity contribution in [1.29, 1.82) is 0 Å². The van der Waals surface area contributed by atoms with E-state index in [0.29, 0.717) is 56.1 Å². The molecule has 2 aromatic heterocycles. The molecule has 0 atom stereocenters. The lowest BCUT2D eigenvalue weighted by Gasteiger charge is -2.26. The second-order valence-corrected chi connectivity index (χ2v) is 11.8. The molecule has 0 radical (unpaired) electrons. The first kappa shape index (κ1) is 28.4. The minimum atomic E-state index is -4.41. The summed E-state index contributed by atoms with van der Waals surface area (Å²) in [4.78, 5) is 17.2. The van der Waals surface area contributed by atoms with Gasteiger partial charge in [-0.1, -0.05) is 68.3 Å². The Hall–Kier alpha value is -2.62. The van der Waals surface area contributed by atoms with Crippen LogP contribution < -0.4 is 10.2 Å². The number of benzene rings is 2. The van der Waals surface area contributed by atoms with E-state index in [1.165, 1.54) is 23.5 Å². The second-order valence-electron chi connectivity index (χ2n) is 9.90. The van der Waals surface area contributed by atoms with Gasteiger partial charge in [0.05, 0.1) is 5.56 Å². The molecule has 0 unspecified atom stereocenters. The third-order valence-electron chi connectivity index (χ3n) is 5.61. The molecule has 2 aromatic carbocycles. The lowest BCUT2D eigenvalue weighted by atomic mass is 10.1. The highest BCUT2D eigenvalue weighted by Crippen LogP contribution is 2.35. The third-order valence-corrected chi connectivity index (χ3v) is 7.27. The number of hydrogen-bond acceptors (Lipinski definition) is 6. The molecule has 2 heterocycles. The number of halogens is 5. The zero-order valence-electron chi connectivity index (χ0n) is 21.4. The lowest BCUT2D eigenvalue weighted by Crippen LogP contribution is -2.32. The number of fused-ring (bicyclic) bond motifs is 1. The lowest BCUT2D eigenvalue weighted by molar-refractivity contribution is -0.137. The first-order chi connectivity index (χ1) is 17.9. The van der Waals surface area contributed by atoms with Gasteiger partial charge in [0.25, 0.3) is 0 Å². The predicted molar refractivity (Wildman–Crippen MR) is 151 cm³/mol. The monoisotopic (exact) mass is 581 g/mol. The number of nitrogens with zero attached hydrogens (tertiary/aromatic N) is 4. The Kier molecular flexibility index (Phi) is 8.69. The zero-order valence-corrected chi connectivity index (χ0v) is 23.7. The van der Waals surface area contributed by atoms with E-state index < -0.39 is 11.7 Å². The smallest absolute Gasteiger partial charge is 0.340 e. The summed E-state index contributed by atoms with van der Waals surface area (Å²) in [5.41, 5.74) is 1.04. The number of rotatable bonds is 9. The van der Waals surface area contributed by atoms with Crippen LogP contribution in [0.2, 0.25) is 10.0 Å². The number of thiazole rings is 1. The topological polar surface area (TPSA) is 53.9 Å². The summed E-state index contributed by atoms with van der Waals surface area (Å²) in [5, 5.41) is 5.02. The average molecular weight is 583 g/mol. The van der Waals surface area contributed by atoms with Crippen LogP contribution in [0, 0.1) is 11.8 Å². The van der Waals surface area contributed by atoms with Gasteiger partial charge in [0.1, 0.15) is 10.5 Å². The van der Waals surface area contributed by atoms with Crippen LogP contribution in [0.1, 0.15) is 43.8 Å². The molecular weight excluding hydrogens is 554 g/mol. The fraction of sp³-hybridized carbons (Fsp3) is 0.370. The maximum Gasteiger partial charge on any atom is 0.416 e. The molecule has 0 bridgehead atoms. The van der Waals surface area contributed by atoms with Crippen LogP contribution in [0.4, 0.5) is 30.6 Å². The summed E-state index contributed by atoms with van der Waals surface area (Å²) in [6, 6.07) is 10.2. The number of hydrogen-bond donors (Lipinski definition) is 1. The number of anilines is 3. The minimum Gasteiger partial charge on any atom is -0.340 e. The van der Waals surface area contributed by atoms with Gasteiger partial charge in [0.15, 0.2) is 10.6 Å². The predicted octanol–water partition coefficient (Wildman–Crippen LogP) is 8.86. The molecule has 4 aromatic rings. The van der Waals surface area contributed by atoms with E-state index in [0.717, 1.165) is 35.8 Å². The van der Waals surface area contributed by atoms with Crippen molar-refractivity contribution in [1.82, 2.24) is 15.0 Å². The standard InChI is InChI=1S/C27H28Cl2F3N5S/c1-15(2)13-37(14-16(3)4)26-35-24(33-18-10-8-17(9-11-18)27(30,31)32)23-25(36-26)38-22(34-23)12-19-20(28)6-5-7-21(19)29/h5-11,15-16H,12-14H2,1-4H3,(H,33,35,36). The molecule has 0 aliphatic rings. The van der Waals surface area contributed by atoms with Gasteiger partial charge < -0.3 is 10.2 Å². The summed E-state index contributed by atoms with van der Waals surface area (Å²) in [6.07, 6.45) is -4.00. The minimum absolute atomic E-state index is 0.374. The molecule has 0 saturated carbocycles. The maximum absolute atomic E-state index is 13.1. The highest BCUT2D eigenvalue weighted by molar-refractivity contribution is 7.18. The van der Waals surface area contributed by atoms with E-state index in [4.69, 9.17) is 38.2 Å². The van der Waals surface area contributed by atoms with Crippen LogP contribution in [0.3, 0.4) is 0 Å². The fourth-order valence-electron chi connectivity index (χ4n) is 4.01. The largest absolute Gasteiger partial charge is 0.416 e. The van der Waals surface area contributed by atoms with Gasteiger partial charge in [-0.25, -0.2) is 4.98 Å². The summed E-state index contributed by atoms with van der Waals surface area (Å²) in [6.45, 7) is 10.0. The van der Waals surface area contributed by atoms with Gasteiger partial charge in [0.2, 0.25) is 5.95 Å². The zero-order chi connectivity index (χ0) is 27.6. The van der Waals surface area contributed by atoms with Crippen molar-refractivity contribution in [3.05, 3.63) is 68.6 Å². The van der Waals surface area contributed by atoms with Crippen molar-refractivity contribution in [3.63, 3.8) is 0 Å². The summed E-state index contributed by atoms with van der Waals surface area (Å²) < 4.78 is 39.2. The Morgan fingerprint density at radius 1 is 0.895 bits per heavy atom. The van der Waals surface area contributed by atoms with Crippen LogP contribution in [0.5, 0.6) is 0 Å². The van der Waals surface area contributed by atoms with Gasteiger partial charge in [-0.05, 0) is 53.8 Å². The first-order valence-corrected chi connectivity index (χ1v) is 13.8. The fourth-order valence-corrected chi connectivity index (χ4v) is 5.48. The quantitative estimate of drug-likeness (QED) is 0.214. The van der Waals surface area contributed by atoms with Gasteiger partial charge in [0, 0.05) is 35.2 Å². The Bertz CT molecular complexity index is 1370. The van der Waals surface area contributed by atoms with E-state index in [-0.39, 0.29) is 0 Å². The van der Waals surface area contributed by atoms with Crippen molar-refractivity contribution in [2.24, 2.45) is 11.8 Å². The van der Waals surface area contributed by atoms with Crippen LogP contribution in [0.15, 0.2) is 42.5 Å². The Morgan fingerprint density at radius 2 is 1.50 bits per heavy atom. The molecular formula is C27H28Cl2F3N5S. The van der Waals surface area contributed by atoms with Gasteiger partial charge in [-0.3, -0.25) is 0 Å². The van der Waals surface area contributed by atoms with Crippen LogP contribution in [0.25, 0.3) is 10.3 Å². The highest BCUT2D eigenvalue weighted by atomic mass is 35.5. The molecule has 5 nitrogen and oxygen atoms in total. The van der Waals surface area contributed by atoms with E-state index in [1.54, 1.807) is 18.2 Å². The molecule has 202 valence electrons. The summed E-state index contributed by atoms with van der Waals surface area (Å²) in [7, 11) is 0. The normalized spacial score (nSPS) is 12.1. The van der Waals surface area contributed by atoms with Crippen molar-refractivity contribution in [2.45, 2.75) is 40.3 Å². The molecule has 0 saturated heterocycles. The first-order valence-electron chi connectivity index (χ1n) is 12.2. The number of aromatic nitrogens is 3. The van der Waals surface area contributed by atoms with E-state index in [2.05, 4.69) is 37.9 Å². The SMILES string of the molecule is CC(C)CN(CC(C)C)c1nc(Nc2ccc(C(F)(F)F)cc2)c2nc(Cc3c(Cl)cccc3Cl)sc2n1. The molecule has 0 fully saturated rings.